The molecular formula is C12H13N3S. The summed E-state index contributed by atoms with van der Waals surface area (Å²) in [7, 11) is 0. The van der Waals surface area contributed by atoms with E-state index in [2.05, 4.69) is 22.2 Å². The summed E-state index contributed by atoms with van der Waals surface area (Å²) in [5, 5.41) is 4.59. The fourth-order valence-corrected chi connectivity index (χ4v) is 2.53. The lowest BCUT2D eigenvalue weighted by Gasteiger charge is -1.99. The van der Waals surface area contributed by atoms with Gasteiger partial charge < -0.3 is 5.84 Å². The molecule has 0 amide bonds. The highest BCUT2D eigenvalue weighted by atomic mass is 32.1. The first-order valence-electron chi connectivity index (χ1n) is 4.98. The van der Waals surface area contributed by atoms with E-state index in [9.17, 15) is 0 Å². The van der Waals surface area contributed by atoms with Gasteiger partial charge in [0.15, 0.2) is 0 Å². The molecule has 0 aliphatic rings. The van der Waals surface area contributed by atoms with Crippen LogP contribution >= 0.6 is 11.3 Å². The number of nitrogens with zero attached hydrogens (tertiary/aromatic N) is 2. The lowest BCUT2D eigenvalue weighted by atomic mass is 10.1. The van der Waals surface area contributed by atoms with Gasteiger partial charge in [0.1, 0.15) is 0 Å². The first-order valence-corrected chi connectivity index (χ1v) is 5.80. The van der Waals surface area contributed by atoms with Gasteiger partial charge in [-0.1, -0.05) is 24.3 Å². The van der Waals surface area contributed by atoms with E-state index in [1.165, 1.54) is 10.4 Å². The van der Waals surface area contributed by atoms with Crippen LogP contribution in [0.25, 0.3) is 10.4 Å². The molecule has 0 bridgehead atoms. The van der Waals surface area contributed by atoms with Crippen LogP contribution in [0.3, 0.4) is 0 Å². The van der Waals surface area contributed by atoms with Gasteiger partial charge in [-0.25, -0.2) is 4.98 Å². The Bertz CT molecular complexity index is 512. The van der Waals surface area contributed by atoms with Crippen LogP contribution in [0, 0.1) is 13.8 Å². The van der Waals surface area contributed by atoms with E-state index in [4.69, 9.17) is 5.84 Å². The summed E-state index contributed by atoms with van der Waals surface area (Å²) < 4.78 is 0. The molecule has 0 aliphatic carbocycles. The first-order chi connectivity index (χ1) is 7.70. The van der Waals surface area contributed by atoms with E-state index in [1.54, 1.807) is 17.6 Å². The zero-order valence-corrected chi connectivity index (χ0v) is 10.1. The molecule has 16 heavy (non-hydrogen) atoms. The second kappa shape index (κ2) is 4.45. The molecule has 0 radical (unpaired) electrons. The van der Waals surface area contributed by atoms with Crippen molar-refractivity contribution in [3.8, 4) is 10.4 Å². The van der Waals surface area contributed by atoms with Gasteiger partial charge in [-0.05, 0) is 25.0 Å². The first kappa shape index (κ1) is 10.8. The smallest absolute Gasteiger partial charge is 0.0903 e. The summed E-state index contributed by atoms with van der Waals surface area (Å²) in [4.78, 5) is 5.65. The number of benzene rings is 1. The summed E-state index contributed by atoms with van der Waals surface area (Å²) in [6.07, 6.45) is 1.63. The summed E-state index contributed by atoms with van der Waals surface area (Å²) in [6.45, 7) is 4.06. The predicted molar refractivity (Wildman–Crippen MR) is 68.8 cm³/mol. The third kappa shape index (κ3) is 2.12. The Morgan fingerprint density at radius 1 is 1.25 bits per heavy atom. The van der Waals surface area contributed by atoms with Crippen LogP contribution in [0.4, 0.5) is 0 Å². The van der Waals surface area contributed by atoms with Gasteiger partial charge >= 0.3 is 0 Å². The summed E-state index contributed by atoms with van der Waals surface area (Å²) >= 11 is 1.72. The van der Waals surface area contributed by atoms with Gasteiger partial charge in [-0.15, -0.1) is 11.3 Å². The number of hydrazone groups is 1. The van der Waals surface area contributed by atoms with E-state index in [0.717, 1.165) is 16.3 Å². The van der Waals surface area contributed by atoms with E-state index in [-0.39, 0.29) is 0 Å². The van der Waals surface area contributed by atoms with Crippen molar-refractivity contribution >= 4 is 17.6 Å². The Labute approximate surface area is 98.6 Å². The molecular weight excluding hydrogens is 218 g/mol. The molecule has 2 rings (SSSR count). The molecule has 3 nitrogen and oxygen atoms in total. The molecule has 0 atom stereocenters. The largest absolute Gasteiger partial charge is 0.323 e. The lowest BCUT2D eigenvalue weighted by Crippen LogP contribution is -1.86. The lowest BCUT2D eigenvalue weighted by molar-refractivity contribution is 1.20. The SMILES string of the molecule is Cc1nc(C)c(-c2ccc(C=NN)cc2)s1. The normalized spacial score (nSPS) is 11.1. The minimum atomic E-state index is 1.00. The topological polar surface area (TPSA) is 51.3 Å². The predicted octanol–water partition coefficient (Wildman–Crippen LogP) is 2.72. The number of nitrogens with two attached hydrogens (primary N) is 1. The quantitative estimate of drug-likeness (QED) is 0.491. The van der Waals surface area contributed by atoms with E-state index in [1.807, 2.05) is 26.0 Å². The van der Waals surface area contributed by atoms with Crippen LogP contribution < -0.4 is 5.84 Å². The van der Waals surface area contributed by atoms with Crippen LogP contribution in [-0.4, -0.2) is 11.2 Å². The Morgan fingerprint density at radius 3 is 2.44 bits per heavy atom. The Hall–Kier alpha value is -1.68. The van der Waals surface area contributed by atoms with Crippen LogP contribution in [0.5, 0.6) is 0 Å². The van der Waals surface area contributed by atoms with Crippen molar-refractivity contribution in [1.29, 1.82) is 0 Å². The molecule has 4 heteroatoms. The van der Waals surface area contributed by atoms with Crippen molar-refractivity contribution in [2.24, 2.45) is 10.9 Å². The molecule has 0 unspecified atom stereocenters. The van der Waals surface area contributed by atoms with Crippen LogP contribution in [0.15, 0.2) is 29.4 Å². The average molecular weight is 231 g/mol. The van der Waals surface area contributed by atoms with Gasteiger partial charge in [0, 0.05) is 0 Å². The van der Waals surface area contributed by atoms with Crippen LogP contribution in [0.2, 0.25) is 0 Å². The molecule has 0 spiro atoms. The van der Waals surface area contributed by atoms with Gasteiger partial charge in [0.25, 0.3) is 0 Å². The molecule has 1 heterocycles. The fourth-order valence-electron chi connectivity index (χ4n) is 1.61. The van der Waals surface area contributed by atoms with Gasteiger partial charge in [0.2, 0.25) is 0 Å². The molecule has 0 fully saturated rings. The zero-order chi connectivity index (χ0) is 11.5. The maximum absolute atomic E-state index is 5.10. The second-order valence-corrected chi connectivity index (χ2v) is 4.75. The van der Waals surface area contributed by atoms with Gasteiger partial charge in [-0.2, -0.15) is 5.10 Å². The summed E-state index contributed by atoms with van der Waals surface area (Å²) in [5.41, 5.74) is 3.28. The highest BCUT2D eigenvalue weighted by Gasteiger charge is 2.06. The Kier molecular flexibility index (Phi) is 3.01. The van der Waals surface area contributed by atoms with Gasteiger partial charge in [-0.3, -0.25) is 0 Å². The number of thiazole rings is 1. The summed E-state index contributed by atoms with van der Waals surface area (Å²) in [5.74, 6) is 5.10. The van der Waals surface area contributed by atoms with E-state index in [0.29, 0.717) is 0 Å². The molecule has 82 valence electrons. The molecule has 0 saturated carbocycles. The number of aryl methyl sites for hydroxylation is 2. The summed E-state index contributed by atoms with van der Waals surface area (Å²) in [6, 6.07) is 8.13. The number of hydrogen-bond donors (Lipinski definition) is 1. The fraction of sp³-hybridized carbons (Fsp3) is 0.167. The number of rotatable bonds is 2. The van der Waals surface area contributed by atoms with Crippen molar-refractivity contribution in [2.75, 3.05) is 0 Å². The highest BCUT2D eigenvalue weighted by Crippen LogP contribution is 2.29. The monoisotopic (exact) mass is 231 g/mol. The van der Waals surface area contributed by atoms with E-state index < -0.39 is 0 Å². The van der Waals surface area contributed by atoms with E-state index >= 15 is 0 Å². The maximum Gasteiger partial charge on any atom is 0.0903 e. The number of hydrogen-bond acceptors (Lipinski definition) is 4. The Morgan fingerprint density at radius 2 is 1.94 bits per heavy atom. The minimum Gasteiger partial charge on any atom is -0.323 e. The number of aromatic nitrogens is 1. The molecule has 2 N–H and O–H groups in total. The Balaban J connectivity index is 2.38. The zero-order valence-electron chi connectivity index (χ0n) is 9.27. The third-order valence-electron chi connectivity index (χ3n) is 2.30. The molecule has 1 aromatic carbocycles. The maximum atomic E-state index is 5.10. The molecule has 2 aromatic rings. The standard InChI is InChI=1S/C12H13N3S/c1-8-12(16-9(2)15-8)11-5-3-10(4-6-11)7-14-13/h3-7H,13H2,1-2H3. The highest BCUT2D eigenvalue weighted by molar-refractivity contribution is 7.15. The van der Waals surface area contributed by atoms with Crippen molar-refractivity contribution in [1.82, 2.24) is 4.98 Å². The minimum absolute atomic E-state index is 1.00. The van der Waals surface area contributed by atoms with Gasteiger partial charge in [0.05, 0.1) is 21.8 Å². The molecule has 0 aliphatic heterocycles. The van der Waals surface area contributed by atoms with Crippen molar-refractivity contribution in [3.05, 3.63) is 40.5 Å². The molecule has 1 aromatic heterocycles. The van der Waals surface area contributed by atoms with Crippen LogP contribution in [0.1, 0.15) is 16.3 Å². The second-order valence-electron chi connectivity index (χ2n) is 3.55. The van der Waals surface area contributed by atoms with Crippen molar-refractivity contribution < 1.29 is 0 Å². The van der Waals surface area contributed by atoms with Crippen molar-refractivity contribution in [2.45, 2.75) is 13.8 Å². The molecule has 0 saturated heterocycles. The van der Waals surface area contributed by atoms with Crippen molar-refractivity contribution in [3.63, 3.8) is 0 Å². The van der Waals surface area contributed by atoms with Crippen LogP contribution in [-0.2, 0) is 0 Å². The average Bonchev–Trinajstić information content (AvgIpc) is 2.59. The third-order valence-corrected chi connectivity index (χ3v) is 3.42.